The molecule has 2 N–H and O–H groups in total. The number of nitrogens with zero attached hydrogens (tertiary/aromatic N) is 2. The van der Waals surface area contributed by atoms with E-state index >= 15 is 0 Å². The van der Waals surface area contributed by atoms with Crippen molar-refractivity contribution in [2.75, 3.05) is 30.5 Å². The largest absolute Gasteiger partial charge is 0.489 e. The third-order valence-corrected chi connectivity index (χ3v) is 2.96. The molecule has 1 aromatic heterocycles. The Morgan fingerprint density at radius 3 is 2.64 bits per heavy atom. The van der Waals surface area contributed by atoms with E-state index in [9.17, 15) is 22.0 Å². The number of nitrogens with one attached hydrogen (secondary N) is 2. The van der Waals surface area contributed by atoms with E-state index in [-0.39, 0.29) is 30.5 Å². The van der Waals surface area contributed by atoms with Gasteiger partial charge in [-0.05, 0) is 19.1 Å². The number of anilines is 3. The topological polar surface area (TPSA) is 59.1 Å². The summed E-state index contributed by atoms with van der Waals surface area (Å²) in [6.07, 6.45) is -4.00. The summed E-state index contributed by atoms with van der Waals surface area (Å²) in [4.78, 5) is 7.37. The lowest BCUT2D eigenvalue weighted by molar-refractivity contribution is -0.137. The highest BCUT2D eigenvalue weighted by Gasteiger charge is 2.35. The van der Waals surface area contributed by atoms with E-state index in [2.05, 4.69) is 20.6 Å². The number of rotatable bonds is 7. The van der Waals surface area contributed by atoms with Crippen LogP contribution in [0, 0.1) is 5.82 Å². The lowest BCUT2D eigenvalue weighted by Gasteiger charge is -2.15. The molecule has 1 heterocycles. The van der Waals surface area contributed by atoms with Crippen LogP contribution in [0.15, 0.2) is 24.4 Å². The van der Waals surface area contributed by atoms with Crippen LogP contribution in [0.2, 0.25) is 0 Å². The first-order valence-electron chi connectivity index (χ1n) is 7.28. The summed E-state index contributed by atoms with van der Waals surface area (Å²) < 4.78 is 69.6. The summed E-state index contributed by atoms with van der Waals surface area (Å²) in [5.74, 6) is -1.10. The second-order valence-corrected chi connectivity index (χ2v) is 4.79. The van der Waals surface area contributed by atoms with Gasteiger partial charge in [0.15, 0.2) is 0 Å². The van der Waals surface area contributed by atoms with Gasteiger partial charge < -0.3 is 15.4 Å². The summed E-state index contributed by atoms with van der Waals surface area (Å²) in [5.41, 5.74) is -0.955. The highest BCUT2D eigenvalue weighted by atomic mass is 19.4. The number of ether oxygens (including phenoxy) is 1. The van der Waals surface area contributed by atoms with E-state index in [1.165, 1.54) is 6.07 Å². The van der Waals surface area contributed by atoms with Crippen LogP contribution in [0.3, 0.4) is 0 Å². The molecule has 2 aromatic rings. The zero-order chi connectivity index (χ0) is 18.4. The van der Waals surface area contributed by atoms with Crippen molar-refractivity contribution in [3.63, 3.8) is 0 Å². The molecule has 0 atom stereocenters. The van der Waals surface area contributed by atoms with Crippen molar-refractivity contribution in [2.24, 2.45) is 0 Å². The van der Waals surface area contributed by atoms with Gasteiger partial charge in [-0.2, -0.15) is 18.2 Å². The lowest BCUT2D eigenvalue weighted by atomic mass is 10.2. The molecule has 0 bridgehead atoms. The average Bonchev–Trinajstić information content (AvgIpc) is 2.53. The molecule has 2 rings (SSSR count). The van der Waals surface area contributed by atoms with Crippen LogP contribution in [0.1, 0.15) is 12.5 Å². The van der Waals surface area contributed by atoms with Crippen molar-refractivity contribution in [3.05, 3.63) is 35.8 Å². The highest BCUT2D eigenvalue weighted by Crippen LogP contribution is 2.34. The van der Waals surface area contributed by atoms with Crippen LogP contribution in [0.4, 0.5) is 39.4 Å². The molecule has 0 amide bonds. The van der Waals surface area contributed by atoms with Gasteiger partial charge >= 0.3 is 6.18 Å². The Labute approximate surface area is 140 Å². The Morgan fingerprint density at radius 1 is 1.24 bits per heavy atom. The van der Waals surface area contributed by atoms with Crippen LogP contribution in [-0.4, -0.2) is 29.8 Å². The zero-order valence-electron chi connectivity index (χ0n) is 13.1. The molecule has 0 saturated heterocycles. The lowest BCUT2D eigenvalue weighted by Crippen LogP contribution is -2.14. The van der Waals surface area contributed by atoms with Gasteiger partial charge in [0.1, 0.15) is 36.2 Å². The van der Waals surface area contributed by atoms with Crippen molar-refractivity contribution in [3.8, 4) is 5.75 Å². The standard InChI is InChI=1S/C15H15F5N4O/c1-2-21-13-10(15(18,19)20)8-22-14(24-13)23-11-7-9(17)3-4-12(11)25-6-5-16/h3-4,7-8H,2,5-6H2,1H3,(H2,21,22,23,24). The van der Waals surface area contributed by atoms with Gasteiger partial charge in [0.2, 0.25) is 5.95 Å². The predicted molar refractivity (Wildman–Crippen MR) is 82.4 cm³/mol. The van der Waals surface area contributed by atoms with Gasteiger partial charge in [-0.3, -0.25) is 0 Å². The normalized spacial score (nSPS) is 11.3. The first-order valence-corrected chi connectivity index (χ1v) is 7.28. The minimum Gasteiger partial charge on any atom is -0.489 e. The Morgan fingerprint density at radius 2 is 2.00 bits per heavy atom. The molecule has 0 aliphatic carbocycles. The fraction of sp³-hybridized carbons (Fsp3) is 0.333. The second kappa shape index (κ2) is 7.95. The van der Waals surface area contributed by atoms with Crippen molar-refractivity contribution < 1.29 is 26.7 Å². The molecule has 1 aromatic carbocycles. The number of aromatic nitrogens is 2. The van der Waals surface area contributed by atoms with Crippen LogP contribution in [0.25, 0.3) is 0 Å². The van der Waals surface area contributed by atoms with E-state index < -0.39 is 30.0 Å². The molecule has 10 heteroatoms. The number of hydrogen-bond donors (Lipinski definition) is 2. The third kappa shape index (κ3) is 4.91. The van der Waals surface area contributed by atoms with Crippen LogP contribution in [0.5, 0.6) is 5.75 Å². The molecule has 25 heavy (non-hydrogen) atoms. The fourth-order valence-electron chi connectivity index (χ4n) is 1.95. The van der Waals surface area contributed by atoms with E-state index in [1.54, 1.807) is 6.92 Å². The van der Waals surface area contributed by atoms with Gasteiger partial charge in [0.05, 0.1) is 5.69 Å². The summed E-state index contributed by atoms with van der Waals surface area (Å²) in [6, 6.07) is 3.42. The quantitative estimate of drug-likeness (QED) is 0.725. The van der Waals surface area contributed by atoms with Crippen molar-refractivity contribution >= 4 is 17.5 Å². The van der Waals surface area contributed by atoms with Crippen molar-refractivity contribution in [2.45, 2.75) is 13.1 Å². The molecular weight excluding hydrogens is 347 g/mol. The zero-order valence-corrected chi connectivity index (χ0v) is 13.1. The maximum atomic E-state index is 13.4. The Hall–Kier alpha value is -2.65. The summed E-state index contributed by atoms with van der Waals surface area (Å²) in [6.45, 7) is 0.824. The number of alkyl halides is 4. The summed E-state index contributed by atoms with van der Waals surface area (Å²) in [7, 11) is 0. The summed E-state index contributed by atoms with van der Waals surface area (Å²) in [5, 5.41) is 5.09. The number of hydrogen-bond acceptors (Lipinski definition) is 5. The summed E-state index contributed by atoms with van der Waals surface area (Å²) >= 11 is 0. The van der Waals surface area contributed by atoms with Crippen molar-refractivity contribution in [1.29, 1.82) is 0 Å². The highest BCUT2D eigenvalue weighted by molar-refractivity contribution is 5.63. The molecule has 0 radical (unpaired) electrons. The molecule has 0 spiro atoms. The minimum absolute atomic E-state index is 0.0654. The van der Waals surface area contributed by atoms with E-state index in [1.807, 2.05) is 0 Å². The van der Waals surface area contributed by atoms with Gasteiger partial charge in [0, 0.05) is 18.8 Å². The van der Waals surface area contributed by atoms with Crippen LogP contribution in [-0.2, 0) is 6.18 Å². The predicted octanol–water partition coefficient (Wildman–Crippen LogP) is 4.16. The van der Waals surface area contributed by atoms with E-state index in [4.69, 9.17) is 4.74 Å². The minimum atomic E-state index is -4.62. The molecule has 0 aliphatic heterocycles. The van der Waals surface area contributed by atoms with Gasteiger partial charge in [-0.1, -0.05) is 0 Å². The Balaban J connectivity index is 2.34. The van der Waals surface area contributed by atoms with E-state index in [0.29, 0.717) is 6.20 Å². The number of halogens is 5. The first-order chi connectivity index (χ1) is 11.8. The molecule has 0 unspecified atom stereocenters. The van der Waals surface area contributed by atoms with Crippen LogP contribution < -0.4 is 15.4 Å². The second-order valence-electron chi connectivity index (χ2n) is 4.79. The fourth-order valence-corrected chi connectivity index (χ4v) is 1.95. The first kappa shape index (κ1) is 18.7. The smallest absolute Gasteiger partial charge is 0.421 e. The Kier molecular flexibility index (Phi) is 5.94. The van der Waals surface area contributed by atoms with Gasteiger partial charge in [-0.25, -0.2) is 13.8 Å². The maximum Gasteiger partial charge on any atom is 0.421 e. The molecule has 136 valence electrons. The van der Waals surface area contributed by atoms with Gasteiger partial charge in [0.25, 0.3) is 0 Å². The SMILES string of the molecule is CCNc1nc(Nc2cc(F)ccc2OCCF)ncc1C(F)(F)F. The Bertz CT molecular complexity index is 724. The van der Waals surface area contributed by atoms with Gasteiger partial charge in [-0.15, -0.1) is 0 Å². The third-order valence-electron chi connectivity index (χ3n) is 2.96. The maximum absolute atomic E-state index is 13.4. The van der Waals surface area contributed by atoms with Crippen molar-refractivity contribution in [1.82, 2.24) is 9.97 Å². The molecule has 0 aliphatic rings. The van der Waals surface area contributed by atoms with E-state index in [0.717, 1.165) is 12.1 Å². The monoisotopic (exact) mass is 362 g/mol. The average molecular weight is 362 g/mol. The van der Waals surface area contributed by atoms with Crippen LogP contribution >= 0.6 is 0 Å². The molecule has 0 fully saturated rings. The number of benzene rings is 1. The molecule has 0 saturated carbocycles. The molecular formula is C15H15F5N4O. The molecule has 5 nitrogen and oxygen atoms in total.